The molecule has 0 spiro atoms. The van der Waals surface area contributed by atoms with Gasteiger partial charge < -0.3 is 5.32 Å². The zero-order valence-corrected chi connectivity index (χ0v) is 17.9. The molecule has 2 aromatic carbocycles. The van der Waals surface area contributed by atoms with E-state index >= 15 is 0 Å². The van der Waals surface area contributed by atoms with Crippen molar-refractivity contribution >= 4 is 40.0 Å². The minimum absolute atomic E-state index is 0.115. The van der Waals surface area contributed by atoms with Gasteiger partial charge in [-0.25, -0.2) is 4.98 Å². The van der Waals surface area contributed by atoms with Crippen LogP contribution in [0.25, 0.3) is 6.08 Å². The quantitative estimate of drug-likeness (QED) is 0.514. The Morgan fingerprint density at radius 1 is 1.10 bits per heavy atom. The molecular weight excluding hydrogens is 394 g/mol. The second kappa shape index (κ2) is 10.5. The molecule has 2 amide bonds. The van der Waals surface area contributed by atoms with Crippen LogP contribution in [0.5, 0.6) is 0 Å². The number of rotatable bonds is 8. The van der Waals surface area contributed by atoms with Crippen molar-refractivity contribution in [2.24, 2.45) is 0 Å². The predicted octanol–water partition coefficient (Wildman–Crippen LogP) is 5.15. The first-order valence-corrected chi connectivity index (χ1v) is 10.8. The molecule has 30 heavy (non-hydrogen) atoms. The van der Waals surface area contributed by atoms with Crippen molar-refractivity contribution in [3.8, 4) is 0 Å². The van der Waals surface area contributed by atoms with E-state index in [2.05, 4.69) is 29.4 Å². The Balaban J connectivity index is 1.62. The van der Waals surface area contributed by atoms with Crippen molar-refractivity contribution in [2.45, 2.75) is 26.2 Å². The number of benzene rings is 2. The summed E-state index contributed by atoms with van der Waals surface area (Å²) in [5.41, 5.74) is 2.63. The number of carbonyl (C=O) groups is 2. The number of thiazole rings is 1. The highest BCUT2D eigenvalue weighted by Gasteiger charge is 2.17. The monoisotopic (exact) mass is 419 g/mol. The van der Waals surface area contributed by atoms with Gasteiger partial charge in [-0.05, 0) is 30.2 Å². The molecule has 0 fully saturated rings. The summed E-state index contributed by atoms with van der Waals surface area (Å²) in [6, 6.07) is 19.6. The van der Waals surface area contributed by atoms with Crippen LogP contribution in [0.15, 0.2) is 72.1 Å². The Kier molecular flexibility index (Phi) is 7.51. The Morgan fingerprint density at radius 3 is 2.40 bits per heavy atom. The lowest BCUT2D eigenvalue weighted by molar-refractivity contribution is -0.117. The summed E-state index contributed by atoms with van der Waals surface area (Å²) in [5.74, 6) is 0.00480. The lowest BCUT2D eigenvalue weighted by Crippen LogP contribution is -2.26. The van der Waals surface area contributed by atoms with Crippen molar-refractivity contribution in [1.82, 2.24) is 10.3 Å². The third-order valence-electron chi connectivity index (χ3n) is 4.72. The first kappa shape index (κ1) is 21.5. The molecule has 0 aliphatic carbocycles. The van der Waals surface area contributed by atoms with Gasteiger partial charge in [0.1, 0.15) is 0 Å². The first-order chi connectivity index (χ1) is 14.6. The Labute approximate surface area is 181 Å². The van der Waals surface area contributed by atoms with Crippen LogP contribution in [-0.2, 0) is 9.59 Å². The SMILES string of the molecule is CCC(CNC(=O)/C=C/c1csc(N(C(C)=O)c2ccccc2)n1)c1ccccc1. The topological polar surface area (TPSA) is 62.3 Å². The Morgan fingerprint density at radius 2 is 1.77 bits per heavy atom. The minimum Gasteiger partial charge on any atom is -0.352 e. The maximum absolute atomic E-state index is 12.3. The molecule has 0 aliphatic rings. The molecule has 0 saturated heterocycles. The van der Waals surface area contributed by atoms with Crippen molar-refractivity contribution in [3.63, 3.8) is 0 Å². The zero-order valence-electron chi connectivity index (χ0n) is 17.1. The van der Waals surface area contributed by atoms with Gasteiger partial charge in [-0.2, -0.15) is 0 Å². The number of aromatic nitrogens is 1. The molecule has 1 atom stereocenters. The summed E-state index contributed by atoms with van der Waals surface area (Å²) in [4.78, 5) is 30.4. The normalized spacial score (nSPS) is 11.9. The van der Waals surface area contributed by atoms with Crippen LogP contribution >= 0.6 is 11.3 Å². The number of nitrogens with one attached hydrogen (secondary N) is 1. The zero-order chi connectivity index (χ0) is 21.3. The van der Waals surface area contributed by atoms with Gasteiger partial charge in [0.25, 0.3) is 0 Å². The molecule has 154 valence electrons. The lowest BCUT2D eigenvalue weighted by Gasteiger charge is -2.17. The molecule has 3 aromatic rings. The van der Waals surface area contributed by atoms with Crippen LogP contribution < -0.4 is 10.2 Å². The van der Waals surface area contributed by atoms with Gasteiger partial charge in [0.2, 0.25) is 11.8 Å². The van der Waals surface area contributed by atoms with Gasteiger partial charge in [-0.15, -0.1) is 11.3 Å². The van der Waals surface area contributed by atoms with E-state index in [9.17, 15) is 9.59 Å². The largest absolute Gasteiger partial charge is 0.352 e. The average molecular weight is 420 g/mol. The minimum atomic E-state index is -0.162. The van der Waals surface area contributed by atoms with Crippen molar-refractivity contribution in [3.05, 3.63) is 83.4 Å². The number of carbonyl (C=O) groups excluding carboxylic acids is 2. The van der Waals surface area contributed by atoms with E-state index in [-0.39, 0.29) is 17.7 Å². The molecular formula is C24H25N3O2S. The van der Waals surface area contributed by atoms with Crippen LogP contribution in [0.3, 0.4) is 0 Å². The van der Waals surface area contributed by atoms with E-state index in [4.69, 9.17) is 0 Å². The van der Waals surface area contributed by atoms with Gasteiger partial charge >= 0.3 is 0 Å². The predicted molar refractivity (Wildman–Crippen MR) is 123 cm³/mol. The van der Waals surface area contributed by atoms with E-state index in [1.165, 1.54) is 29.9 Å². The van der Waals surface area contributed by atoms with E-state index < -0.39 is 0 Å². The molecule has 0 saturated carbocycles. The van der Waals surface area contributed by atoms with Crippen LogP contribution in [0.2, 0.25) is 0 Å². The maximum Gasteiger partial charge on any atom is 0.244 e. The molecule has 6 heteroatoms. The van der Waals surface area contributed by atoms with Gasteiger partial charge in [0, 0.05) is 30.8 Å². The second-order valence-electron chi connectivity index (χ2n) is 6.84. The summed E-state index contributed by atoms with van der Waals surface area (Å²) in [6.07, 6.45) is 4.10. The fourth-order valence-electron chi connectivity index (χ4n) is 3.13. The van der Waals surface area contributed by atoms with Gasteiger partial charge in [-0.1, -0.05) is 55.5 Å². The molecule has 1 N–H and O–H groups in total. The number of nitrogens with zero attached hydrogens (tertiary/aromatic N) is 2. The van der Waals surface area contributed by atoms with Gasteiger partial charge in [-0.3, -0.25) is 14.5 Å². The number of hydrogen-bond acceptors (Lipinski definition) is 4. The van der Waals surface area contributed by atoms with Crippen LogP contribution in [0.4, 0.5) is 10.8 Å². The van der Waals surface area contributed by atoms with Gasteiger partial charge in [0.05, 0.1) is 11.4 Å². The van der Waals surface area contributed by atoms with E-state index in [0.29, 0.717) is 17.4 Å². The standard InChI is InChI=1S/C24H25N3O2S/c1-3-19(20-10-6-4-7-11-20)16-25-23(29)15-14-21-17-30-24(26-21)27(18(2)28)22-12-8-5-9-13-22/h4-15,17,19H,3,16H2,1-2H3,(H,25,29)/b15-14+. The van der Waals surface area contributed by atoms with Gasteiger partial charge in [0.15, 0.2) is 5.13 Å². The van der Waals surface area contributed by atoms with Crippen LogP contribution in [0.1, 0.15) is 37.4 Å². The molecule has 0 radical (unpaired) electrons. The molecule has 3 rings (SSSR count). The highest BCUT2D eigenvalue weighted by molar-refractivity contribution is 7.14. The lowest BCUT2D eigenvalue weighted by atomic mass is 9.96. The molecule has 1 heterocycles. The third kappa shape index (κ3) is 5.64. The molecule has 0 aliphatic heterocycles. The summed E-state index contributed by atoms with van der Waals surface area (Å²) >= 11 is 1.36. The fraction of sp³-hybridized carbons (Fsp3) is 0.208. The second-order valence-corrected chi connectivity index (χ2v) is 7.68. The molecule has 1 unspecified atom stereocenters. The third-order valence-corrected chi connectivity index (χ3v) is 5.57. The summed E-state index contributed by atoms with van der Waals surface area (Å²) in [6.45, 7) is 4.20. The van der Waals surface area contributed by atoms with Crippen LogP contribution in [0, 0.1) is 0 Å². The summed E-state index contributed by atoms with van der Waals surface area (Å²) < 4.78 is 0. The number of hydrogen-bond donors (Lipinski definition) is 1. The fourth-order valence-corrected chi connectivity index (χ4v) is 3.98. The molecule has 1 aromatic heterocycles. The molecule has 5 nitrogen and oxygen atoms in total. The van der Waals surface area contributed by atoms with Crippen LogP contribution in [-0.4, -0.2) is 23.3 Å². The maximum atomic E-state index is 12.3. The highest BCUT2D eigenvalue weighted by atomic mass is 32.1. The first-order valence-electron chi connectivity index (χ1n) is 9.90. The van der Waals surface area contributed by atoms with Crippen molar-refractivity contribution < 1.29 is 9.59 Å². The Bertz CT molecular complexity index is 1000. The molecule has 0 bridgehead atoms. The van der Waals surface area contributed by atoms with E-state index in [1.807, 2.05) is 53.9 Å². The number of para-hydroxylation sites is 1. The number of amides is 2. The van der Waals surface area contributed by atoms with Crippen molar-refractivity contribution in [1.29, 1.82) is 0 Å². The number of anilines is 2. The van der Waals surface area contributed by atoms with Crippen molar-refractivity contribution in [2.75, 3.05) is 11.4 Å². The smallest absolute Gasteiger partial charge is 0.244 e. The average Bonchev–Trinajstić information content (AvgIpc) is 3.22. The highest BCUT2D eigenvalue weighted by Crippen LogP contribution is 2.29. The van der Waals surface area contributed by atoms with E-state index in [0.717, 1.165) is 12.1 Å². The summed E-state index contributed by atoms with van der Waals surface area (Å²) in [5, 5.41) is 5.36. The van der Waals surface area contributed by atoms with E-state index in [1.54, 1.807) is 11.0 Å². The summed E-state index contributed by atoms with van der Waals surface area (Å²) in [7, 11) is 0. The Hall–Kier alpha value is -3.25.